The van der Waals surface area contributed by atoms with E-state index in [4.69, 9.17) is 21.7 Å². The Morgan fingerprint density at radius 3 is 2.63 bits per heavy atom. The summed E-state index contributed by atoms with van der Waals surface area (Å²) in [5.41, 5.74) is 0.751. The Labute approximate surface area is 163 Å². The van der Waals surface area contributed by atoms with Gasteiger partial charge in [0.25, 0.3) is 5.69 Å². The predicted molar refractivity (Wildman–Crippen MR) is 108 cm³/mol. The Morgan fingerprint density at radius 1 is 1.26 bits per heavy atom. The number of nitrogens with one attached hydrogen (secondary N) is 1. The minimum Gasteiger partial charge on any atom is -0.486 e. The summed E-state index contributed by atoms with van der Waals surface area (Å²) in [5.74, 6) is 1.49. The molecule has 0 saturated heterocycles. The number of para-hydroxylation sites is 2. The van der Waals surface area contributed by atoms with E-state index in [1.807, 2.05) is 29.2 Å². The first-order valence-electron chi connectivity index (χ1n) is 8.75. The second-order valence-electron chi connectivity index (χ2n) is 6.18. The number of fused-ring (bicyclic) bond motifs is 1. The highest BCUT2D eigenvalue weighted by molar-refractivity contribution is 7.80. The van der Waals surface area contributed by atoms with Crippen molar-refractivity contribution >= 4 is 28.7 Å². The monoisotopic (exact) mass is 387 g/mol. The van der Waals surface area contributed by atoms with Gasteiger partial charge >= 0.3 is 0 Å². The van der Waals surface area contributed by atoms with Crippen LogP contribution in [-0.4, -0.2) is 40.7 Å². The zero-order valence-corrected chi connectivity index (χ0v) is 15.8. The number of anilines is 1. The van der Waals surface area contributed by atoms with Crippen molar-refractivity contribution in [3.8, 4) is 11.5 Å². The van der Waals surface area contributed by atoms with E-state index in [9.17, 15) is 10.1 Å². The van der Waals surface area contributed by atoms with E-state index in [0.717, 1.165) is 24.5 Å². The maximum absolute atomic E-state index is 10.8. The van der Waals surface area contributed by atoms with Gasteiger partial charge in [0.1, 0.15) is 6.61 Å². The highest BCUT2D eigenvalue weighted by atomic mass is 32.1. The summed E-state index contributed by atoms with van der Waals surface area (Å²) >= 11 is 5.54. The van der Waals surface area contributed by atoms with E-state index in [1.54, 1.807) is 12.1 Å². The van der Waals surface area contributed by atoms with Crippen LogP contribution in [0.4, 0.5) is 11.4 Å². The highest BCUT2D eigenvalue weighted by Crippen LogP contribution is 2.31. The Bertz CT molecular complexity index is 813. The lowest BCUT2D eigenvalue weighted by atomic mass is 10.2. The summed E-state index contributed by atoms with van der Waals surface area (Å²) in [6.07, 6.45) is 0.787. The SMILES string of the molecule is CCCN(C[C@H]1COc2ccccc2O1)C(=S)Nc1ccc([N+](=O)[O-])cc1. The van der Waals surface area contributed by atoms with Gasteiger partial charge in [0.15, 0.2) is 22.7 Å². The van der Waals surface area contributed by atoms with Crippen LogP contribution in [0.1, 0.15) is 13.3 Å². The topological polar surface area (TPSA) is 76.9 Å². The first kappa shape index (κ1) is 18.9. The van der Waals surface area contributed by atoms with Crippen LogP contribution in [0.2, 0.25) is 0 Å². The van der Waals surface area contributed by atoms with E-state index in [1.165, 1.54) is 12.1 Å². The van der Waals surface area contributed by atoms with Crippen LogP contribution in [0.5, 0.6) is 11.5 Å². The van der Waals surface area contributed by atoms with Crippen molar-refractivity contribution in [2.75, 3.05) is 25.0 Å². The maximum Gasteiger partial charge on any atom is 0.269 e. The fourth-order valence-corrected chi connectivity index (χ4v) is 3.10. The lowest BCUT2D eigenvalue weighted by Crippen LogP contribution is -2.45. The third kappa shape index (κ3) is 4.85. The molecule has 0 unspecified atom stereocenters. The summed E-state index contributed by atoms with van der Waals surface area (Å²) in [7, 11) is 0. The molecule has 1 N–H and O–H groups in total. The van der Waals surface area contributed by atoms with Gasteiger partial charge in [0.05, 0.1) is 11.5 Å². The molecule has 0 bridgehead atoms. The predicted octanol–water partition coefficient (Wildman–Crippen LogP) is 3.84. The molecule has 1 aliphatic rings. The smallest absolute Gasteiger partial charge is 0.269 e. The van der Waals surface area contributed by atoms with Crippen molar-refractivity contribution in [3.05, 3.63) is 58.6 Å². The normalized spacial score (nSPS) is 15.1. The maximum atomic E-state index is 10.8. The highest BCUT2D eigenvalue weighted by Gasteiger charge is 2.24. The number of non-ortho nitro benzene ring substituents is 1. The molecule has 3 rings (SSSR count). The molecule has 0 spiro atoms. The van der Waals surface area contributed by atoms with Crippen LogP contribution in [0, 0.1) is 10.1 Å². The number of nitro benzene ring substituents is 1. The van der Waals surface area contributed by atoms with Crippen LogP contribution in [0.25, 0.3) is 0 Å². The van der Waals surface area contributed by atoms with Crippen molar-refractivity contribution in [2.45, 2.75) is 19.4 Å². The zero-order valence-electron chi connectivity index (χ0n) is 15.0. The molecule has 2 aromatic carbocycles. The van der Waals surface area contributed by atoms with Crippen LogP contribution < -0.4 is 14.8 Å². The number of thiocarbonyl (C=S) groups is 1. The molecule has 1 aliphatic heterocycles. The lowest BCUT2D eigenvalue weighted by Gasteiger charge is -2.32. The average Bonchev–Trinajstić information content (AvgIpc) is 2.68. The van der Waals surface area contributed by atoms with Gasteiger partial charge in [-0.05, 0) is 42.9 Å². The molecule has 0 radical (unpaired) electrons. The first-order valence-corrected chi connectivity index (χ1v) is 9.16. The van der Waals surface area contributed by atoms with Gasteiger partial charge in [0, 0.05) is 24.4 Å². The molecule has 2 aromatic rings. The molecule has 0 saturated carbocycles. The van der Waals surface area contributed by atoms with Gasteiger partial charge in [-0.25, -0.2) is 0 Å². The summed E-state index contributed by atoms with van der Waals surface area (Å²) < 4.78 is 11.8. The number of ether oxygens (including phenoxy) is 2. The number of hydrogen-bond acceptors (Lipinski definition) is 5. The van der Waals surface area contributed by atoms with Crippen LogP contribution in [0.3, 0.4) is 0 Å². The van der Waals surface area contributed by atoms with Gasteiger partial charge in [-0.2, -0.15) is 0 Å². The number of hydrogen-bond donors (Lipinski definition) is 1. The van der Waals surface area contributed by atoms with Gasteiger partial charge in [-0.3, -0.25) is 10.1 Å². The second-order valence-corrected chi connectivity index (χ2v) is 6.56. The van der Waals surface area contributed by atoms with Crippen LogP contribution in [0.15, 0.2) is 48.5 Å². The van der Waals surface area contributed by atoms with Gasteiger partial charge in [-0.15, -0.1) is 0 Å². The van der Waals surface area contributed by atoms with Crippen LogP contribution >= 0.6 is 12.2 Å². The van der Waals surface area contributed by atoms with Crippen molar-refractivity contribution in [2.24, 2.45) is 0 Å². The van der Waals surface area contributed by atoms with Crippen molar-refractivity contribution in [3.63, 3.8) is 0 Å². The first-order chi connectivity index (χ1) is 13.1. The minimum atomic E-state index is -0.427. The Balaban J connectivity index is 1.62. The third-order valence-electron chi connectivity index (χ3n) is 4.10. The summed E-state index contributed by atoms with van der Waals surface area (Å²) in [6.45, 7) is 3.88. The number of nitro groups is 1. The molecule has 0 aromatic heterocycles. The largest absolute Gasteiger partial charge is 0.486 e. The molecule has 7 nitrogen and oxygen atoms in total. The molecule has 142 valence electrons. The Hall–Kier alpha value is -2.87. The van der Waals surface area contributed by atoms with E-state index >= 15 is 0 Å². The van der Waals surface area contributed by atoms with Crippen molar-refractivity contribution in [1.29, 1.82) is 0 Å². The number of rotatable bonds is 6. The number of benzene rings is 2. The molecule has 0 amide bonds. The van der Waals surface area contributed by atoms with Crippen LogP contribution in [-0.2, 0) is 0 Å². The molecule has 1 atom stereocenters. The molecule has 27 heavy (non-hydrogen) atoms. The quantitative estimate of drug-likeness (QED) is 0.458. The molecular weight excluding hydrogens is 366 g/mol. The fourth-order valence-electron chi connectivity index (χ4n) is 2.81. The van der Waals surface area contributed by atoms with Gasteiger partial charge in [0.2, 0.25) is 0 Å². The molecule has 1 heterocycles. The second kappa shape index (κ2) is 8.68. The summed E-state index contributed by atoms with van der Waals surface area (Å²) in [6, 6.07) is 13.8. The molecule has 0 fully saturated rings. The number of nitrogens with zero attached hydrogens (tertiary/aromatic N) is 2. The third-order valence-corrected chi connectivity index (χ3v) is 4.46. The van der Waals surface area contributed by atoms with E-state index in [-0.39, 0.29) is 11.8 Å². The van der Waals surface area contributed by atoms with E-state index in [0.29, 0.717) is 24.0 Å². The Morgan fingerprint density at radius 2 is 1.96 bits per heavy atom. The summed E-state index contributed by atoms with van der Waals surface area (Å²) in [5, 5.41) is 14.5. The Kier molecular flexibility index (Phi) is 6.08. The molecule has 0 aliphatic carbocycles. The minimum absolute atomic E-state index is 0.0447. The van der Waals surface area contributed by atoms with Gasteiger partial charge < -0.3 is 19.7 Å². The zero-order chi connectivity index (χ0) is 19.2. The van der Waals surface area contributed by atoms with E-state index < -0.39 is 4.92 Å². The van der Waals surface area contributed by atoms with E-state index in [2.05, 4.69) is 12.2 Å². The standard InChI is InChI=1S/C19H21N3O4S/c1-2-11-21(12-16-13-25-17-5-3-4-6-18(17)26-16)19(27)20-14-7-9-15(10-8-14)22(23)24/h3-10,16H,2,11-13H2,1H3,(H,20,27)/t16-/m0/s1. The molecular formula is C19H21N3O4S. The fraction of sp³-hybridized carbons (Fsp3) is 0.316. The van der Waals surface area contributed by atoms with Crippen molar-refractivity contribution in [1.82, 2.24) is 4.90 Å². The summed E-state index contributed by atoms with van der Waals surface area (Å²) in [4.78, 5) is 12.4. The average molecular weight is 387 g/mol. The van der Waals surface area contributed by atoms with Gasteiger partial charge in [-0.1, -0.05) is 19.1 Å². The molecule has 8 heteroatoms. The van der Waals surface area contributed by atoms with Crippen molar-refractivity contribution < 1.29 is 14.4 Å². The lowest BCUT2D eigenvalue weighted by molar-refractivity contribution is -0.384.